The number of nitrogens with one attached hydrogen (secondary N) is 1. The van der Waals surface area contributed by atoms with Crippen molar-refractivity contribution in [3.05, 3.63) is 71.8 Å². The number of carbonyl (C=O) groups is 3. The molecule has 32 heavy (non-hydrogen) atoms. The topological polar surface area (TPSA) is 75.7 Å². The van der Waals surface area contributed by atoms with Crippen molar-refractivity contribution in [3.63, 3.8) is 0 Å². The number of likely N-dealkylation sites (tertiary alicyclic amines) is 1. The Hall–Kier alpha value is -3.15. The van der Waals surface area contributed by atoms with Crippen LogP contribution in [0.25, 0.3) is 0 Å². The number of hydrogen-bond acceptors (Lipinski definition) is 4. The van der Waals surface area contributed by atoms with Crippen molar-refractivity contribution in [3.8, 4) is 0 Å². The van der Waals surface area contributed by atoms with Gasteiger partial charge in [-0.25, -0.2) is 4.79 Å². The maximum atomic E-state index is 13.5. The van der Waals surface area contributed by atoms with Crippen molar-refractivity contribution in [1.29, 1.82) is 0 Å². The summed E-state index contributed by atoms with van der Waals surface area (Å²) in [5.41, 5.74) is 2.02. The first-order valence-electron chi connectivity index (χ1n) is 11.3. The van der Waals surface area contributed by atoms with Gasteiger partial charge >= 0.3 is 5.97 Å². The standard InChI is InChI=1S/C26H32N2O4/c1-3-32-26(31)23-15-10-16-28(23)25(30)22(18-21-13-8-5-9-14-21)27-24(29)19(2)17-20-11-6-4-7-12-20/h4-9,11-14,19,22-23H,3,10,15-18H2,1-2H3,(H,27,29)/t19-,22-,23-/m1/s1. The molecule has 1 aliphatic heterocycles. The second-order valence-corrected chi connectivity index (χ2v) is 8.28. The van der Waals surface area contributed by atoms with Gasteiger partial charge in [-0.15, -0.1) is 0 Å². The second kappa shape index (κ2) is 11.5. The number of carbonyl (C=O) groups excluding carboxylic acids is 3. The SMILES string of the molecule is CCOC(=O)[C@H]1CCCN1C(=O)[C@@H](Cc1ccccc1)NC(=O)[C@H](C)Cc1ccccc1. The molecule has 0 bridgehead atoms. The predicted octanol–water partition coefficient (Wildman–Crippen LogP) is 3.15. The number of hydrogen-bond donors (Lipinski definition) is 1. The molecule has 1 aliphatic rings. The van der Waals surface area contributed by atoms with Crippen molar-refractivity contribution < 1.29 is 19.1 Å². The Morgan fingerprint density at radius 2 is 1.59 bits per heavy atom. The zero-order chi connectivity index (χ0) is 22.9. The smallest absolute Gasteiger partial charge is 0.328 e. The lowest BCUT2D eigenvalue weighted by Crippen LogP contribution is -2.53. The third-order valence-corrected chi connectivity index (χ3v) is 5.82. The monoisotopic (exact) mass is 436 g/mol. The van der Waals surface area contributed by atoms with Crippen LogP contribution in [0.15, 0.2) is 60.7 Å². The van der Waals surface area contributed by atoms with Crippen LogP contribution in [0.5, 0.6) is 0 Å². The van der Waals surface area contributed by atoms with Gasteiger partial charge in [-0.2, -0.15) is 0 Å². The van der Waals surface area contributed by atoms with Crippen LogP contribution in [-0.4, -0.2) is 47.9 Å². The minimum atomic E-state index is -0.738. The molecule has 1 N–H and O–H groups in total. The van der Waals surface area contributed by atoms with E-state index in [1.54, 1.807) is 11.8 Å². The highest BCUT2D eigenvalue weighted by molar-refractivity contribution is 5.92. The average Bonchev–Trinajstić information content (AvgIpc) is 3.30. The maximum Gasteiger partial charge on any atom is 0.328 e. The number of amides is 2. The fourth-order valence-electron chi connectivity index (χ4n) is 4.14. The first-order chi connectivity index (χ1) is 15.5. The normalized spacial score (nSPS) is 17.4. The van der Waals surface area contributed by atoms with E-state index >= 15 is 0 Å². The molecule has 0 saturated carbocycles. The van der Waals surface area contributed by atoms with Crippen LogP contribution >= 0.6 is 0 Å². The first kappa shape index (κ1) is 23.5. The molecule has 170 valence electrons. The molecular weight excluding hydrogens is 404 g/mol. The lowest BCUT2D eigenvalue weighted by molar-refractivity contribution is -0.153. The Morgan fingerprint density at radius 3 is 2.19 bits per heavy atom. The zero-order valence-corrected chi connectivity index (χ0v) is 18.8. The Balaban J connectivity index is 1.74. The molecule has 2 aromatic rings. The quantitative estimate of drug-likeness (QED) is 0.613. The van der Waals surface area contributed by atoms with E-state index in [0.29, 0.717) is 25.8 Å². The van der Waals surface area contributed by atoms with Crippen LogP contribution in [0.4, 0.5) is 0 Å². The van der Waals surface area contributed by atoms with Crippen LogP contribution in [0.2, 0.25) is 0 Å². The van der Waals surface area contributed by atoms with Crippen LogP contribution in [0, 0.1) is 5.92 Å². The van der Waals surface area contributed by atoms with Crippen molar-refractivity contribution in [2.24, 2.45) is 5.92 Å². The highest BCUT2D eigenvalue weighted by Gasteiger charge is 2.38. The van der Waals surface area contributed by atoms with E-state index in [4.69, 9.17) is 4.74 Å². The third-order valence-electron chi connectivity index (χ3n) is 5.82. The zero-order valence-electron chi connectivity index (χ0n) is 18.8. The van der Waals surface area contributed by atoms with Gasteiger partial charge in [-0.3, -0.25) is 9.59 Å². The molecule has 6 nitrogen and oxygen atoms in total. The van der Waals surface area contributed by atoms with Gasteiger partial charge in [-0.1, -0.05) is 67.6 Å². The number of benzene rings is 2. The van der Waals surface area contributed by atoms with Crippen LogP contribution < -0.4 is 5.32 Å². The predicted molar refractivity (Wildman–Crippen MR) is 123 cm³/mol. The molecule has 0 spiro atoms. The summed E-state index contributed by atoms with van der Waals surface area (Å²) in [5, 5.41) is 2.97. The number of esters is 1. The molecule has 0 aromatic heterocycles. The third kappa shape index (κ3) is 6.19. The summed E-state index contributed by atoms with van der Waals surface area (Å²) in [7, 11) is 0. The van der Waals surface area contributed by atoms with E-state index in [1.807, 2.05) is 67.6 Å². The molecule has 2 aromatic carbocycles. The van der Waals surface area contributed by atoms with E-state index in [2.05, 4.69) is 5.32 Å². The van der Waals surface area contributed by atoms with E-state index in [1.165, 1.54) is 0 Å². The summed E-state index contributed by atoms with van der Waals surface area (Å²) in [6, 6.07) is 18.1. The van der Waals surface area contributed by atoms with Crippen molar-refractivity contribution >= 4 is 17.8 Å². The minimum Gasteiger partial charge on any atom is -0.464 e. The molecule has 0 radical (unpaired) electrons. The lowest BCUT2D eigenvalue weighted by Gasteiger charge is -2.29. The Bertz CT molecular complexity index is 901. The van der Waals surface area contributed by atoms with Crippen LogP contribution in [-0.2, 0) is 32.0 Å². The Kier molecular flexibility index (Phi) is 8.42. The highest BCUT2D eigenvalue weighted by Crippen LogP contribution is 2.21. The Labute approximate surface area is 189 Å². The number of rotatable bonds is 9. The molecule has 1 heterocycles. The fourth-order valence-corrected chi connectivity index (χ4v) is 4.14. The maximum absolute atomic E-state index is 13.5. The van der Waals surface area contributed by atoms with Gasteiger partial charge in [0.1, 0.15) is 12.1 Å². The highest BCUT2D eigenvalue weighted by atomic mass is 16.5. The molecule has 6 heteroatoms. The lowest BCUT2D eigenvalue weighted by atomic mass is 9.98. The number of nitrogens with zero attached hydrogens (tertiary/aromatic N) is 1. The van der Waals surface area contributed by atoms with E-state index in [9.17, 15) is 14.4 Å². The number of ether oxygens (including phenoxy) is 1. The van der Waals surface area contributed by atoms with Gasteiger partial charge in [0.25, 0.3) is 0 Å². The van der Waals surface area contributed by atoms with E-state index in [0.717, 1.165) is 17.5 Å². The Morgan fingerprint density at radius 1 is 1.00 bits per heavy atom. The van der Waals surface area contributed by atoms with Gasteiger partial charge < -0.3 is 15.0 Å². The van der Waals surface area contributed by atoms with Gasteiger partial charge in [0.05, 0.1) is 6.61 Å². The van der Waals surface area contributed by atoms with Crippen molar-refractivity contribution in [2.45, 2.75) is 51.6 Å². The molecule has 0 unspecified atom stereocenters. The molecule has 3 atom stereocenters. The molecule has 1 saturated heterocycles. The van der Waals surface area contributed by atoms with Gasteiger partial charge in [-0.05, 0) is 37.3 Å². The van der Waals surface area contributed by atoms with Gasteiger partial charge in [0.2, 0.25) is 11.8 Å². The summed E-state index contributed by atoms with van der Waals surface area (Å²) in [4.78, 5) is 40.4. The van der Waals surface area contributed by atoms with Crippen LogP contribution in [0.3, 0.4) is 0 Å². The molecule has 2 amide bonds. The van der Waals surface area contributed by atoms with Crippen LogP contribution in [0.1, 0.15) is 37.8 Å². The average molecular weight is 437 g/mol. The summed E-state index contributed by atoms with van der Waals surface area (Å²) in [6.45, 7) is 4.39. The second-order valence-electron chi connectivity index (χ2n) is 8.28. The van der Waals surface area contributed by atoms with Crippen molar-refractivity contribution in [2.75, 3.05) is 13.2 Å². The molecule has 3 rings (SSSR count). The molecule has 1 fully saturated rings. The molecular formula is C26H32N2O4. The van der Waals surface area contributed by atoms with Gasteiger partial charge in [0, 0.05) is 18.9 Å². The summed E-state index contributed by atoms with van der Waals surface area (Å²) in [6.07, 6.45) is 2.29. The largest absolute Gasteiger partial charge is 0.464 e. The van der Waals surface area contributed by atoms with Crippen molar-refractivity contribution in [1.82, 2.24) is 10.2 Å². The summed E-state index contributed by atoms with van der Waals surface area (Å²) in [5.74, 6) is -1.07. The summed E-state index contributed by atoms with van der Waals surface area (Å²) >= 11 is 0. The fraction of sp³-hybridized carbons (Fsp3) is 0.423. The minimum absolute atomic E-state index is 0.171. The summed E-state index contributed by atoms with van der Waals surface area (Å²) < 4.78 is 5.17. The van der Waals surface area contributed by atoms with E-state index in [-0.39, 0.29) is 30.3 Å². The van der Waals surface area contributed by atoms with Gasteiger partial charge in [0.15, 0.2) is 0 Å². The molecule has 0 aliphatic carbocycles. The van der Waals surface area contributed by atoms with E-state index < -0.39 is 12.1 Å². The first-order valence-corrected chi connectivity index (χ1v) is 11.3.